The monoisotopic (exact) mass is 371 g/mol. The van der Waals surface area contributed by atoms with Gasteiger partial charge in [0.1, 0.15) is 16.5 Å². The highest BCUT2D eigenvalue weighted by molar-refractivity contribution is 7.89. The standard InChI is InChI=1S/C20H18FNO3S/c1-25-18-13-12-17(21)14-19(18)26(23,24)22-20(15-8-4-2-5-9-15)16-10-6-3-7-11-16/h2-14,20,22H,1H3. The van der Waals surface area contributed by atoms with Gasteiger partial charge in [-0.25, -0.2) is 12.8 Å². The molecule has 0 unspecified atom stereocenters. The molecule has 3 rings (SSSR count). The van der Waals surface area contributed by atoms with Crippen LogP contribution < -0.4 is 9.46 Å². The van der Waals surface area contributed by atoms with Gasteiger partial charge in [-0.15, -0.1) is 0 Å². The summed E-state index contributed by atoms with van der Waals surface area (Å²) in [5.41, 5.74) is 1.55. The van der Waals surface area contributed by atoms with E-state index in [0.29, 0.717) is 0 Å². The Morgan fingerprint density at radius 3 is 1.92 bits per heavy atom. The number of hydrogen-bond donors (Lipinski definition) is 1. The fourth-order valence-electron chi connectivity index (χ4n) is 2.70. The summed E-state index contributed by atoms with van der Waals surface area (Å²) < 4.78 is 47.3. The molecular formula is C20H18FNO3S. The summed E-state index contributed by atoms with van der Waals surface area (Å²) in [5, 5.41) is 0. The van der Waals surface area contributed by atoms with Crippen LogP contribution in [-0.4, -0.2) is 15.5 Å². The Balaban J connectivity index is 2.06. The van der Waals surface area contributed by atoms with Gasteiger partial charge in [0.15, 0.2) is 0 Å². The van der Waals surface area contributed by atoms with Crippen LogP contribution in [0.15, 0.2) is 83.8 Å². The molecule has 134 valence electrons. The number of methoxy groups -OCH3 is 1. The maximum atomic E-state index is 13.6. The summed E-state index contributed by atoms with van der Waals surface area (Å²) in [6.45, 7) is 0. The van der Waals surface area contributed by atoms with Gasteiger partial charge in [0.25, 0.3) is 0 Å². The lowest BCUT2D eigenvalue weighted by atomic mass is 10.00. The zero-order valence-electron chi connectivity index (χ0n) is 14.1. The minimum absolute atomic E-state index is 0.0822. The van der Waals surface area contributed by atoms with Gasteiger partial charge >= 0.3 is 0 Å². The van der Waals surface area contributed by atoms with E-state index in [0.717, 1.165) is 23.3 Å². The lowest BCUT2D eigenvalue weighted by Gasteiger charge is -2.20. The molecule has 0 saturated carbocycles. The van der Waals surface area contributed by atoms with Gasteiger partial charge in [0.2, 0.25) is 10.0 Å². The quantitative estimate of drug-likeness (QED) is 0.715. The van der Waals surface area contributed by atoms with E-state index in [1.807, 2.05) is 60.7 Å². The molecule has 0 saturated heterocycles. The normalized spacial score (nSPS) is 11.5. The van der Waals surface area contributed by atoms with Gasteiger partial charge in [-0.05, 0) is 29.3 Å². The molecule has 0 radical (unpaired) electrons. The van der Waals surface area contributed by atoms with Crippen molar-refractivity contribution in [3.05, 3.63) is 95.8 Å². The van der Waals surface area contributed by atoms with Crippen LogP contribution in [0.4, 0.5) is 4.39 Å². The average Bonchev–Trinajstić information content (AvgIpc) is 2.67. The summed E-state index contributed by atoms with van der Waals surface area (Å²) in [5.74, 6) is -0.569. The summed E-state index contributed by atoms with van der Waals surface area (Å²) in [6, 6.07) is 21.2. The van der Waals surface area contributed by atoms with Gasteiger partial charge < -0.3 is 4.74 Å². The minimum atomic E-state index is -4.04. The molecule has 0 aliphatic carbocycles. The predicted octanol–water partition coefficient (Wildman–Crippen LogP) is 3.90. The molecular weight excluding hydrogens is 353 g/mol. The van der Waals surface area contributed by atoms with Crippen molar-refractivity contribution in [2.24, 2.45) is 0 Å². The Morgan fingerprint density at radius 2 is 1.42 bits per heavy atom. The third-order valence-electron chi connectivity index (χ3n) is 3.95. The SMILES string of the molecule is COc1ccc(F)cc1S(=O)(=O)NC(c1ccccc1)c1ccccc1. The van der Waals surface area contributed by atoms with Crippen molar-refractivity contribution in [2.75, 3.05) is 7.11 Å². The lowest BCUT2D eigenvalue weighted by Crippen LogP contribution is -2.29. The largest absolute Gasteiger partial charge is 0.495 e. The van der Waals surface area contributed by atoms with Crippen LogP contribution in [-0.2, 0) is 10.0 Å². The van der Waals surface area contributed by atoms with Gasteiger partial charge in [-0.2, -0.15) is 4.72 Å². The number of ether oxygens (including phenoxy) is 1. The van der Waals surface area contributed by atoms with Crippen molar-refractivity contribution in [1.29, 1.82) is 0 Å². The zero-order valence-corrected chi connectivity index (χ0v) is 14.9. The van der Waals surface area contributed by atoms with Crippen molar-refractivity contribution < 1.29 is 17.5 Å². The summed E-state index contributed by atoms with van der Waals surface area (Å²) in [6.07, 6.45) is 0. The van der Waals surface area contributed by atoms with Crippen molar-refractivity contribution >= 4 is 10.0 Å². The van der Waals surface area contributed by atoms with Crippen molar-refractivity contribution in [2.45, 2.75) is 10.9 Å². The summed E-state index contributed by atoms with van der Waals surface area (Å²) >= 11 is 0. The van der Waals surface area contributed by atoms with Crippen LogP contribution in [0.5, 0.6) is 5.75 Å². The number of halogens is 1. The molecule has 0 atom stereocenters. The maximum absolute atomic E-state index is 13.6. The Labute approximate surface area is 152 Å². The summed E-state index contributed by atoms with van der Waals surface area (Å²) in [4.78, 5) is -0.239. The van der Waals surface area contributed by atoms with Gasteiger partial charge in [0.05, 0.1) is 13.2 Å². The molecule has 3 aromatic rings. The molecule has 6 heteroatoms. The maximum Gasteiger partial charge on any atom is 0.245 e. The number of nitrogens with one attached hydrogen (secondary N) is 1. The second kappa shape index (κ2) is 7.68. The van der Waals surface area contributed by atoms with Gasteiger partial charge in [-0.3, -0.25) is 0 Å². The van der Waals surface area contributed by atoms with E-state index in [1.165, 1.54) is 13.2 Å². The molecule has 0 bridgehead atoms. The molecule has 1 N–H and O–H groups in total. The van der Waals surface area contributed by atoms with Crippen LogP contribution in [0.1, 0.15) is 17.2 Å². The molecule has 0 spiro atoms. The zero-order chi connectivity index (χ0) is 18.6. The topological polar surface area (TPSA) is 55.4 Å². The highest BCUT2D eigenvalue weighted by atomic mass is 32.2. The smallest absolute Gasteiger partial charge is 0.245 e. The average molecular weight is 371 g/mol. The molecule has 3 aromatic carbocycles. The highest BCUT2D eigenvalue weighted by Crippen LogP contribution is 2.28. The van der Waals surface area contributed by atoms with E-state index in [9.17, 15) is 12.8 Å². The second-order valence-corrected chi connectivity index (χ2v) is 7.35. The number of sulfonamides is 1. The fraction of sp³-hybridized carbons (Fsp3) is 0.100. The highest BCUT2D eigenvalue weighted by Gasteiger charge is 2.26. The third-order valence-corrected chi connectivity index (χ3v) is 5.40. The fourth-order valence-corrected chi connectivity index (χ4v) is 4.09. The first-order valence-corrected chi connectivity index (χ1v) is 9.45. The van der Waals surface area contributed by atoms with Crippen LogP contribution >= 0.6 is 0 Å². The van der Waals surface area contributed by atoms with E-state index in [1.54, 1.807) is 0 Å². The molecule has 0 aromatic heterocycles. The minimum Gasteiger partial charge on any atom is -0.495 e. The Hall–Kier alpha value is -2.70. The first-order chi connectivity index (χ1) is 12.5. The number of benzene rings is 3. The van der Waals surface area contributed by atoms with Crippen molar-refractivity contribution in [3.8, 4) is 5.75 Å². The van der Waals surface area contributed by atoms with E-state index >= 15 is 0 Å². The van der Waals surface area contributed by atoms with E-state index < -0.39 is 21.9 Å². The van der Waals surface area contributed by atoms with Gasteiger partial charge in [-0.1, -0.05) is 60.7 Å². The van der Waals surface area contributed by atoms with Crippen molar-refractivity contribution in [3.63, 3.8) is 0 Å². The number of hydrogen-bond acceptors (Lipinski definition) is 3. The molecule has 0 amide bonds. The van der Waals surface area contributed by atoms with E-state index in [-0.39, 0.29) is 10.6 Å². The van der Waals surface area contributed by atoms with Crippen LogP contribution in [0, 0.1) is 5.82 Å². The Bertz CT molecular complexity index is 937. The van der Waals surface area contributed by atoms with Crippen LogP contribution in [0.25, 0.3) is 0 Å². The summed E-state index contributed by atoms with van der Waals surface area (Å²) in [7, 11) is -2.69. The molecule has 0 aliphatic heterocycles. The first-order valence-electron chi connectivity index (χ1n) is 7.97. The first kappa shape index (κ1) is 18.1. The second-order valence-electron chi connectivity index (χ2n) is 5.67. The molecule has 0 fully saturated rings. The van der Waals surface area contributed by atoms with Crippen LogP contribution in [0.3, 0.4) is 0 Å². The third kappa shape index (κ3) is 3.92. The number of rotatable bonds is 6. The molecule has 26 heavy (non-hydrogen) atoms. The Kier molecular flexibility index (Phi) is 5.35. The molecule has 0 heterocycles. The van der Waals surface area contributed by atoms with Crippen molar-refractivity contribution in [1.82, 2.24) is 4.72 Å². The predicted molar refractivity (Wildman–Crippen MR) is 98.0 cm³/mol. The molecule has 4 nitrogen and oxygen atoms in total. The van der Waals surface area contributed by atoms with E-state index in [2.05, 4.69) is 4.72 Å². The molecule has 0 aliphatic rings. The van der Waals surface area contributed by atoms with E-state index in [4.69, 9.17) is 4.74 Å². The van der Waals surface area contributed by atoms with Gasteiger partial charge in [0, 0.05) is 0 Å². The lowest BCUT2D eigenvalue weighted by molar-refractivity contribution is 0.400. The Morgan fingerprint density at radius 1 is 0.885 bits per heavy atom. The van der Waals surface area contributed by atoms with Crippen LogP contribution in [0.2, 0.25) is 0 Å².